The van der Waals surface area contributed by atoms with E-state index >= 15 is 0 Å². The van der Waals surface area contributed by atoms with Crippen molar-refractivity contribution in [1.29, 1.82) is 0 Å². The van der Waals surface area contributed by atoms with Gasteiger partial charge in [-0.15, -0.1) is 0 Å². The zero-order valence-corrected chi connectivity index (χ0v) is 11.4. The summed E-state index contributed by atoms with van der Waals surface area (Å²) in [4.78, 5) is 12.4. The molecule has 0 spiro atoms. The van der Waals surface area contributed by atoms with Crippen LogP contribution in [0.5, 0.6) is 5.75 Å². The summed E-state index contributed by atoms with van der Waals surface area (Å²) in [6, 6.07) is 0.222. The Kier molecular flexibility index (Phi) is 5.73. The van der Waals surface area contributed by atoms with E-state index in [0.29, 0.717) is 4.90 Å². The smallest absolute Gasteiger partial charge is 0.257 e. The molecule has 1 aromatic rings. The number of hydrogen-bond donors (Lipinski definition) is 1. The first-order valence-corrected chi connectivity index (χ1v) is 6.41. The van der Waals surface area contributed by atoms with E-state index in [1.165, 1.54) is 0 Å². The fourth-order valence-corrected chi connectivity index (χ4v) is 1.89. The van der Waals surface area contributed by atoms with E-state index in [2.05, 4.69) is 15.9 Å². The van der Waals surface area contributed by atoms with Crippen molar-refractivity contribution in [3.63, 3.8) is 0 Å². The number of alkyl halides is 3. The number of phenols is 1. The van der Waals surface area contributed by atoms with Crippen LogP contribution in [0, 0.1) is 17.5 Å². The lowest BCUT2D eigenvalue weighted by Gasteiger charge is -2.21. The molecular formula is C11H9BrF5NO2. The molecule has 112 valence electrons. The molecule has 1 aromatic carbocycles. The summed E-state index contributed by atoms with van der Waals surface area (Å²) < 4.78 is 64.1. The third kappa shape index (κ3) is 3.59. The summed E-state index contributed by atoms with van der Waals surface area (Å²) >= 11 is 2.92. The summed E-state index contributed by atoms with van der Waals surface area (Å²) in [5, 5.41) is 9.12. The molecule has 0 saturated carbocycles. The molecule has 0 fully saturated rings. The van der Waals surface area contributed by atoms with Gasteiger partial charge in [0.25, 0.3) is 12.3 Å². The van der Waals surface area contributed by atoms with Crippen LogP contribution in [-0.4, -0.2) is 40.8 Å². The largest absolute Gasteiger partial charge is 0.503 e. The van der Waals surface area contributed by atoms with Crippen LogP contribution in [0.2, 0.25) is 0 Å². The fourth-order valence-electron chi connectivity index (χ4n) is 1.46. The first kappa shape index (κ1) is 16.7. The molecule has 0 aromatic heterocycles. The molecule has 0 aliphatic carbocycles. The lowest BCUT2D eigenvalue weighted by Crippen LogP contribution is -2.37. The molecule has 0 bridgehead atoms. The highest BCUT2D eigenvalue weighted by molar-refractivity contribution is 9.09. The minimum Gasteiger partial charge on any atom is -0.503 e. The lowest BCUT2D eigenvalue weighted by molar-refractivity contribution is 0.0567. The van der Waals surface area contributed by atoms with Crippen molar-refractivity contribution < 1.29 is 31.9 Å². The van der Waals surface area contributed by atoms with Crippen molar-refractivity contribution in [1.82, 2.24) is 4.90 Å². The molecule has 0 aliphatic heterocycles. The lowest BCUT2D eigenvalue weighted by atomic mass is 10.1. The predicted molar refractivity (Wildman–Crippen MR) is 63.7 cm³/mol. The molecule has 1 amide bonds. The van der Waals surface area contributed by atoms with Gasteiger partial charge in [-0.1, -0.05) is 15.9 Å². The Morgan fingerprint density at radius 2 is 1.90 bits per heavy atom. The molecule has 0 saturated heterocycles. The van der Waals surface area contributed by atoms with Crippen LogP contribution < -0.4 is 0 Å². The highest BCUT2D eigenvalue weighted by Crippen LogP contribution is 2.26. The predicted octanol–water partition coefficient (Wildman–Crippen LogP) is 2.91. The van der Waals surface area contributed by atoms with Crippen molar-refractivity contribution in [3.8, 4) is 5.75 Å². The number of carbonyl (C=O) groups excluding carboxylic acids is 1. The first-order valence-electron chi connectivity index (χ1n) is 5.29. The van der Waals surface area contributed by atoms with Crippen molar-refractivity contribution in [2.24, 2.45) is 0 Å². The summed E-state index contributed by atoms with van der Waals surface area (Å²) in [6.45, 7) is -1.19. The van der Waals surface area contributed by atoms with E-state index in [1.807, 2.05) is 0 Å². The number of halogens is 6. The summed E-state index contributed by atoms with van der Waals surface area (Å²) in [6.07, 6.45) is -2.88. The minimum atomic E-state index is -2.88. The number of carbonyl (C=O) groups is 1. The third-order valence-corrected chi connectivity index (χ3v) is 2.72. The van der Waals surface area contributed by atoms with Crippen molar-refractivity contribution in [3.05, 3.63) is 29.1 Å². The molecule has 0 atom stereocenters. The highest BCUT2D eigenvalue weighted by atomic mass is 79.9. The van der Waals surface area contributed by atoms with Gasteiger partial charge in [-0.3, -0.25) is 4.79 Å². The monoisotopic (exact) mass is 361 g/mol. The molecule has 0 heterocycles. The van der Waals surface area contributed by atoms with Gasteiger partial charge in [0, 0.05) is 11.9 Å². The van der Waals surface area contributed by atoms with Crippen LogP contribution >= 0.6 is 15.9 Å². The van der Waals surface area contributed by atoms with E-state index < -0.39 is 47.6 Å². The number of phenolic OH excluding ortho intramolecular Hbond substituents is 1. The zero-order valence-electron chi connectivity index (χ0n) is 9.85. The SMILES string of the molecule is O=C(c1cc(F)c(F)c(O)c1F)N(CCBr)CC(F)F. The molecule has 9 heteroatoms. The Morgan fingerprint density at radius 1 is 1.30 bits per heavy atom. The maximum Gasteiger partial charge on any atom is 0.257 e. The number of rotatable bonds is 5. The molecule has 3 nitrogen and oxygen atoms in total. The number of hydrogen-bond acceptors (Lipinski definition) is 2. The van der Waals surface area contributed by atoms with Crippen LogP contribution in [-0.2, 0) is 0 Å². The standard InChI is InChI=1S/C11H9BrF5NO2/c12-1-2-18(4-7(14)15)11(20)5-3-6(13)9(17)10(19)8(5)16/h3,7,19H,1-2,4H2. The van der Waals surface area contributed by atoms with Gasteiger partial charge in [0.05, 0.1) is 12.1 Å². The van der Waals surface area contributed by atoms with E-state index in [0.717, 1.165) is 0 Å². The topological polar surface area (TPSA) is 40.5 Å². The van der Waals surface area contributed by atoms with Crippen LogP contribution in [0.3, 0.4) is 0 Å². The molecule has 1 N–H and O–H groups in total. The van der Waals surface area contributed by atoms with Crippen LogP contribution in [0.1, 0.15) is 10.4 Å². The molecule has 0 aliphatic rings. The molecular weight excluding hydrogens is 353 g/mol. The van der Waals surface area contributed by atoms with Gasteiger partial charge in [0.2, 0.25) is 5.82 Å². The van der Waals surface area contributed by atoms with E-state index in [4.69, 9.17) is 5.11 Å². The van der Waals surface area contributed by atoms with Gasteiger partial charge in [-0.25, -0.2) is 17.6 Å². The molecule has 1 rings (SSSR count). The van der Waals surface area contributed by atoms with Gasteiger partial charge in [0.1, 0.15) is 0 Å². The van der Waals surface area contributed by atoms with Crippen LogP contribution in [0.15, 0.2) is 6.07 Å². The van der Waals surface area contributed by atoms with E-state index in [9.17, 15) is 26.7 Å². The Bertz CT molecular complexity index is 512. The van der Waals surface area contributed by atoms with Crippen LogP contribution in [0.25, 0.3) is 0 Å². The van der Waals surface area contributed by atoms with Crippen molar-refractivity contribution in [2.45, 2.75) is 6.43 Å². The summed E-state index contributed by atoms with van der Waals surface area (Å²) in [5.41, 5.74) is -1.01. The highest BCUT2D eigenvalue weighted by Gasteiger charge is 2.27. The molecule has 0 radical (unpaired) electrons. The number of nitrogens with zero attached hydrogens (tertiary/aromatic N) is 1. The van der Waals surface area contributed by atoms with E-state index in [-0.39, 0.29) is 17.9 Å². The van der Waals surface area contributed by atoms with Gasteiger partial charge in [-0.05, 0) is 6.07 Å². The second-order valence-electron chi connectivity index (χ2n) is 3.71. The van der Waals surface area contributed by atoms with Gasteiger partial charge < -0.3 is 10.0 Å². The second-order valence-corrected chi connectivity index (χ2v) is 4.51. The summed E-state index contributed by atoms with van der Waals surface area (Å²) in [7, 11) is 0. The number of aromatic hydroxyl groups is 1. The second kappa shape index (κ2) is 6.87. The Hall–Kier alpha value is -1.38. The number of benzene rings is 1. The van der Waals surface area contributed by atoms with Gasteiger partial charge >= 0.3 is 0 Å². The first-order chi connectivity index (χ1) is 9.29. The third-order valence-electron chi connectivity index (χ3n) is 2.36. The maximum atomic E-state index is 13.5. The average Bonchev–Trinajstić information content (AvgIpc) is 2.39. The van der Waals surface area contributed by atoms with Crippen molar-refractivity contribution in [2.75, 3.05) is 18.4 Å². The maximum absolute atomic E-state index is 13.5. The fraction of sp³-hybridized carbons (Fsp3) is 0.364. The Labute approximate surface area is 119 Å². The quantitative estimate of drug-likeness (QED) is 0.497. The van der Waals surface area contributed by atoms with Gasteiger partial charge in [-0.2, -0.15) is 4.39 Å². The Balaban J connectivity index is 3.18. The molecule has 0 unspecified atom stereocenters. The van der Waals surface area contributed by atoms with Gasteiger partial charge in [0.15, 0.2) is 17.4 Å². The van der Waals surface area contributed by atoms with Crippen LogP contribution in [0.4, 0.5) is 22.0 Å². The minimum absolute atomic E-state index is 0.128. The average molecular weight is 362 g/mol. The molecule has 20 heavy (non-hydrogen) atoms. The summed E-state index contributed by atoms with van der Waals surface area (Å²) in [5.74, 6) is -8.12. The van der Waals surface area contributed by atoms with E-state index in [1.54, 1.807) is 0 Å². The Morgan fingerprint density at radius 3 is 2.40 bits per heavy atom. The van der Waals surface area contributed by atoms with Crippen molar-refractivity contribution >= 4 is 21.8 Å². The number of amides is 1. The normalized spacial score (nSPS) is 10.9. The zero-order chi connectivity index (χ0) is 15.4.